The van der Waals surface area contributed by atoms with Crippen LogP contribution in [0.5, 0.6) is 5.75 Å². The van der Waals surface area contributed by atoms with Crippen LogP contribution >= 0.6 is 23.4 Å². The number of amides is 2. The highest BCUT2D eigenvalue weighted by molar-refractivity contribution is 8.14. The van der Waals surface area contributed by atoms with E-state index in [4.69, 9.17) is 16.3 Å². The fourth-order valence-corrected chi connectivity index (χ4v) is 4.89. The topological polar surface area (TPSA) is 71.0 Å². The molecular formula is C28H26ClN3O3S. The molecule has 1 N–H and O–H groups in total. The number of aryl methyl sites for hydroxylation is 3. The van der Waals surface area contributed by atoms with Crippen molar-refractivity contribution in [1.29, 1.82) is 0 Å². The summed E-state index contributed by atoms with van der Waals surface area (Å²) >= 11 is 7.45. The van der Waals surface area contributed by atoms with Crippen molar-refractivity contribution in [3.05, 3.63) is 93.6 Å². The van der Waals surface area contributed by atoms with Crippen molar-refractivity contribution in [2.24, 2.45) is 4.99 Å². The third-order valence-corrected chi connectivity index (χ3v) is 6.70. The van der Waals surface area contributed by atoms with Gasteiger partial charge in [-0.05, 0) is 85.5 Å². The van der Waals surface area contributed by atoms with Gasteiger partial charge in [-0.25, -0.2) is 4.99 Å². The first-order chi connectivity index (χ1) is 17.2. The van der Waals surface area contributed by atoms with Crippen LogP contribution in [0.2, 0.25) is 5.02 Å². The zero-order valence-electron chi connectivity index (χ0n) is 20.5. The van der Waals surface area contributed by atoms with E-state index in [-0.39, 0.29) is 17.6 Å². The number of hydrogen-bond donors (Lipinski definition) is 1. The minimum atomic E-state index is -0.250. The van der Waals surface area contributed by atoms with Gasteiger partial charge in [0.25, 0.3) is 5.91 Å². The smallest absolute Gasteiger partial charge is 0.283 e. The summed E-state index contributed by atoms with van der Waals surface area (Å²) in [6, 6.07) is 18.7. The molecule has 184 valence electrons. The van der Waals surface area contributed by atoms with Crippen molar-refractivity contribution in [2.45, 2.75) is 20.8 Å². The number of anilines is 2. The molecule has 0 radical (unpaired) electrons. The van der Waals surface area contributed by atoms with E-state index in [2.05, 4.69) is 10.3 Å². The highest BCUT2D eigenvalue weighted by Gasteiger charge is 2.32. The molecule has 0 saturated heterocycles. The van der Waals surface area contributed by atoms with Crippen LogP contribution in [0, 0.1) is 20.8 Å². The maximum atomic E-state index is 13.5. The fourth-order valence-electron chi connectivity index (χ4n) is 3.80. The van der Waals surface area contributed by atoms with E-state index in [1.54, 1.807) is 30.2 Å². The predicted molar refractivity (Wildman–Crippen MR) is 149 cm³/mol. The van der Waals surface area contributed by atoms with E-state index >= 15 is 0 Å². The van der Waals surface area contributed by atoms with Crippen molar-refractivity contribution in [1.82, 2.24) is 0 Å². The molecule has 8 heteroatoms. The number of carbonyl (C=O) groups is 2. The van der Waals surface area contributed by atoms with Crippen LogP contribution in [0.3, 0.4) is 0 Å². The summed E-state index contributed by atoms with van der Waals surface area (Å²) in [5, 5.41) is 3.75. The van der Waals surface area contributed by atoms with E-state index in [9.17, 15) is 9.59 Å². The highest BCUT2D eigenvalue weighted by Crippen LogP contribution is 2.31. The van der Waals surface area contributed by atoms with Crippen LogP contribution < -0.4 is 15.0 Å². The minimum absolute atomic E-state index is 0.0629. The van der Waals surface area contributed by atoms with Crippen LogP contribution in [0.25, 0.3) is 6.08 Å². The Bertz CT molecular complexity index is 1360. The van der Waals surface area contributed by atoms with Gasteiger partial charge in [0.2, 0.25) is 5.91 Å². The average Bonchev–Trinajstić information content (AvgIpc) is 3.14. The molecule has 1 aliphatic rings. The predicted octanol–water partition coefficient (Wildman–Crippen LogP) is 6.39. The molecule has 3 aromatic rings. The van der Waals surface area contributed by atoms with Crippen molar-refractivity contribution in [3.63, 3.8) is 0 Å². The molecule has 0 saturated carbocycles. The van der Waals surface area contributed by atoms with Crippen LogP contribution in [0.15, 0.2) is 71.4 Å². The van der Waals surface area contributed by atoms with E-state index in [0.29, 0.717) is 27.3 Å². The van der Waals surface area contributed by atoms with Crippen LogP contribution in [-0.2, 0) is 9.59 Å². The number of thioether (sulfide) groups is 1. The van der Waals surface area contributed by atoms with Crippen molar-refractivity contribution >= 4 is 57.8 Å². The van der Waals surface area contributed by atoms with Crippen LogP contribution in [-0.4, -0.2) is 29.8 Å². The molecule has 36 heavy (non-hydrogen) atoms. The van der Waals surface area contributed by atoms with Gasteiger partial charge in [0.15, 0.2) is 5.17 Å². The lowest BCUT2D eigenvalue weighted by atomic mass is 10.1. The molecule has 4 rings (SSSR count). The second-order valence-electron chi connectivity index (χ2n) is 8.50. The third-order valence-electron chi connectivity index (χ3n) is 5.44. The monoisotopic (exact) mass is 519 g/mol. The molecule has 0 atom stereocenters. The Hall–Kier alpha value is -3.55. The number of amidine groups is 1. The molecule has 1 heterocycles. The summed E-state index contributed by atoms with van der Waals surface area (Å²) in [5.41, 5.74) is 5.44. The Morgan fingerprint density at radius 3 is 2.36 bits per heavy atom. The second kappa shape index (κ2) is 11.0. The van der Waals surface area contributed by atoms with Crippen molar-refractivity contribution in [2.75, 3.05) is 23.1 Å². The summed E-state index contributed by atoms with van der Waals surface area (Å²) in [4.78, 5) is 32.3. The molecule has 0 spiro atoms. The minimum Gasteiger partial charge on any atom is -0.497 e. The number of ether oxygens (including phenoxy) is 1. The summed E-state index contributed by atoms with van der Waals surface area (Å²) in [7, 11) is 1.60. The van der Waals surface area contributed by atoms with E-state index in [1.807, 2.05) is 69.3 Å². The van der Waals surface area contributed by atoms with Crippen molar-refractivity contribution in [3.8, 4) is 5.75 Å². The van der Waals surface area contributed by atoms with Crippen LogP contribution in [0.1, 0.15) is 22.3 Å². The molecule has 0 unspecified atom stereocenters. The Labute approximate surface area is 220 Å². The first kappa shape index (κ1) is 25.5. The second-order valence-corrected chi connectivity index (χ2v) is 9.85. The number of halogens is 1. The molecule has 0 aromatic heterocycles. The van der Waals surface area contributed by atoms with Gasteiger partial charge in [0, 0.05) is 0 Å². The van der Waals surface area contributed by atoms with E-state index in [1.165, 1.54) is 11.8 Å². The molecule has 0 aliphatic carbocycles. The number of benzene rings is 3. The van der Waals surface area contributed by atoms with E-state index in [0.717, 1.165) is 28.0 Å². The molecule has 0 fully saturated rings. The first-order valence-electron chi connectivity index (χ1n) is 11.3. The van der Waals surface area contributed by atoms with Crippen LogP contribution in [0.4, 0.5) is 11.4 Å². The number of aliphatic imine (C=N–C) groups is 1. The first-order valence-corrected chi connectivity index (χ1v) is 12.7. The normalized spacial score (nSPS) is 14.2. The van der Waals surface area contributed by atoms with Gasteiger partial charge in [-0.1, -0.05) is 47.6 Å². The van der Waals surface area contributed by atoms with Gasteiger partial charge in [-0.3, -0.25) is 14.5 Å². The zero-order valence-corrected chi connectivity index (χ0v) is 22.0. The van der Waals surface area contributed by atoms with Gasteiger partial charge in [0.1, 0.15) is 11.4 Å². The van der Waals surface area contributed by atoms with E-state index < -0.39 is 0 Å². The lowest BCUT2D eigenvalue weighted by Gasteiger charge is -2.19. The lowest BCUT2D eigenvalue weighted by molar-refractivity contribution is -0.114. The molecular weight excluding hydrogens is 494 g/mol. The van der Waals surface area contributed by atoms with Gasteiger partial charge in [-0.15, -0.1) is 0 Å². The number of methoxy groups -OCH3 is 1. The zero-order chi connectivity index (χ0) is 25.8. The summed E-state index contributed by atoms with van der Waals surface area (Å²) in [6.07, 6.45) is 1.73. The maximum absolute atomic E-state index is 13.5. The molecule has 3 aromatic carbocycles. The SMILES string of the molecule is COc1ccc(C=C2N=C(SCC(=O)Nc3ccc(C)cc3Cl)N(c3cc(C)cc(C)c3)C2=O)cc1. The Morgan fingerprint density at radius 1 is 1.03 bits per heavy atom. The van der Waals surface area contributed by atoms with Gasteiger partial charge >= 0.3 is 0 Å². The molecule has 1 aliphatic heterocycles. The number of carbonyl (C=O) groups excluding carboxylic acids is 2. The summed E-state index contributed by atoms with van der Waals surface area (Å²) in [6.45, 7) is 5.89. The lowest BCUT2D eigenvalue weighted by Crippen LogP contribution is -2.31. The van der Waals surface area contributed by atoms with Crippen molar-refractivity contribution < 1.29 is 14.3 Å². The molecule has 0 bridgehead atoms. The number of nitrogens with one attached hydrogen (secondary N) is 1. The molecule has 6 nitrogen and oxygen atoms in total. The van der Waals surface area contributed by atoms with Gasteiger partial charge in [0.05, 0.1) is 29.3 Å². The van der Waals surface area contributed by atoms with Gasteiger partial charge < -0.3 is 10.1 Å². The Morgan fingerprint density at radius 2 is 1.72 bits per heavy atom. The Balaban J connectivity index is 1.60. The largest absolute Gasteiger partial charge is 0.497 e. The summed E-state index contributed by atoms with van der Waals surface area (Å²) < 4.78 is 5.21. The standard InChI is InChI=1S/C28H26ClN3O3S/c1-17-5-10-24(23(29)14-17)30-26(33)16-36-28-31-25(15-20-6-8-22(35-4)9-7-20)27(34)32(28)21-12-18(2)11-19(3)13-21/h5-15H,16H2,1-4H3,(H,30,33). The number of nitrogens with zero attached hydrogens (tertiary/aromatic N) is 2. The maximum Gasteiger partial charge on any atom is 0.283 e. The third kappa shape index (κ3) is 5.98. The molecule has 2 amide bonds. The summed E-state index contributed by atoms with van der Waals surface area (Å²) in [5.74, 6) is 0.299. The average molecular weight is 520 g/mol. The number of hydrogen-bond acceptors (Lipinski definition) is 5. The van der Waals surface area contributed by atoms with Gasteiger partial charge in [-0.2, -0.15) is 0 Å². The Kier molecular flexibility index (Phi) is 7.82. The number of rotatable bonds is 6. The highest BCUT2D eigenvalue weighted by atomic mass is 35.5. The quantitative estimate of drug-likeness (QED) is 0.383. The fraction of sp³-hybridized carbons (Fsp3) is 0.179.